The molecule has 0 saturated heterocycles. The van der Waals surface area contributed by atoms with Crippen LogP contribution >= 0.6 is 0 Å². The number of nitrogens with one attached hydrogen (secondary N) is 1. The van der Waals surface area contributed by atoms with Gasteiger partial charge in [0.2, 0.25) is 0 Å². The second-order valence-corrected chi connectivity index (χ2v) is 4.89. The molecular weight excluding hydrogens is 184 g/mol. The maximum Gasteiger partial charge on any atom is 0.101 e. The van der Waals surface area contributed by atoms with Gasteiger partial charge in [-0.1, -0.05) is 32.9 Å². The van der Waals surface area contributed by atoms with E-state index in [0.29, 0.717) is 11.0 Å². The summed E-state index contributed by atoms with van der Waals surface area (Å²) in [6.45, 7) is 7.54. The Balaban J connectivity index is 2.55. The van der Waals surface area contributed by atoms with Gasteiger partial charge in [0.15, 0.2) is 0 Å². The molecule has 0 spiro atoms. The molecule has 0 atom stereocenters. The predicted octanol–water partition coefficient (Wildman–Crippen LogP) is 3.41. The molecule has 0 aliphatic carbocycles. The highest BCUT2D eigenvalue weighted by molar-refractivity contribution is 5.56. The number of rotatable bonds is 3. The van der Waals surface area contributed by atoms with E-state index in [1.807, 2.05) is 24.3 Å². The molecule has 1 rings (SSSR count). The number of nitrogens with zero attached hydrogens (tertiary/aromatic N) is 1. The van der Waals surface area contributed by atoms with Gasteiger partial charge in [-0.05, 0) is 24.0 Å². The topological polar surface area (TPSA) is 35.8 Å². The van der Waals surface area contributed by atoms with E-state index < -0.39 is 0 Å². The van der Waals surface area contributed by atoms with Crippen LogP contribution in [0, 0.1) is 16.7 Å². The average molecular weight is 202 g/mol. The lowest BCUT2D eigenvalue weighted by Crippen LogP contribution is -2.13. The third kappa shape index (κ3) is 4.03. The average Bonchev–Trinajstić information content (AvgIpc) is 2.16. The van der Waals surface area contributed by atoms with Crippen molar-refractivity contribution in [1.29, 1.82) is 5.26 Å². The normalized spacial score (nSPS) is 10.8. The monoisotopic (exact) mass is 202 g/mol. The van der Waals surface area contributed by atoms with E-state index in [9.17, 15) is 0 Å². The van der Waals surface area contributed by atoms with Crippen LogP contribution in [-0.2, 0) is 0 Å². The van der Waals surface area contributed by atoms with Crippen LogP contribution in [0.3, 0.4) is 0 Å². The van der Waals surface area contributed by atoms with Crippen molar-refractivity contribution in [3.8, 4) is 6.07 Å². The van der Waals surface area contributed by atoms with Crippen molar-refractivity contribution >= 4 is 5.69 Å². The van der Waals surface area contributed by atoms with Crippen LogP contribution in [0.5, 0.6) is 0 Å². The number of para-hydroxylation sites is 1. The van der Waals surface area contributed by atoms with Crippen LogP contribution in [0.15, 0.2) is 24.3 Å². The first-order valence-electron chi connectivity index (χ1n) is 5.26. The molecule has 0 fully saturated rings. The van der Waals surface area contributed by atoms with Gasteiger partial charge in [-0.2, -0.15) is 5.26 Å². The number of nitriles is 1. The number of hydrogen-bond donors (Lipinski definition) is 1. The summed E-state index contributed by atoms with van der Waals surface area (Å²) in [5, 5.41) is 12.2. The fourth-order valence-corrected chi connectivity index (χ4v) is 1.31. The molecule has 80 valence electrons. The minimum absolute atomic E-state index is 0.328. The number of benzene rings is 1. The Kier molecular flexibility index (Phi) is 3.74. The second-order valence-electron chi connectivity index (χ2n) is 4.89. The summed E-state index contributed by atoms with van der Waals surface area (Å²) in [7, 11) is 0. The van der Waals surface area contributed by atoms with Gasteiger partial charge in [0.05, 0.1) is 11.3 Å². The first-order chi connectivity index (χ1) is 7.03. The zero-order valence-electron chi connectivity index (χ0n) is 9.67. The largest absolute Gasteiger partial charge is 0.384 e. The summed E-state index contributed by atoms with van der Waals surface area (Å²) in [4.78, 5) is 0. The molecule has 0 aliphatic heterocycles. The van der Waals surface area contributed by atoms with Gasteiger partial charge in [0.1, 0.15) is 6.07 Å². The smallest absolute Gasteiger partial charge is 0.101 e. The zero-order valence-corrected chi connectivity index (χ0v) is 9.67. The van der Waals surface area contributed by atoms with E-state index in [0.717, 1.165) is 18.7 Å². The molecule has 0 heterocycles. The van der Waals surface area contributed by atoms with Crippen LogP contribution in [0.25, 0.3) is 0 Å². The molecule has 0 bridgehead atoms. The Morgan fingerprint density at radius 2 is 1.93 bits per heavy atom. The summed E-state index contributed by atoms with van der Waals surface area (Å²) >= 11 is 0. The van der Waals surface area contributed by atoms with Crippen molar-refractivity contribution in [3.05, 3.63) is 29.8 Å². The SMILES string of the molecule is CC(C)(C)CCNc1ccccc1C#N. The second kappa shape index (κ2) is 4.84. The van der Waals surface area contributed by atoms with Crippen LogP contribution in [-0.4, -0.2) is 6.54 Å². The lowest BCUT2D eigenvalue weighted by Gasteiger charge is -2.18. The van der Waals surface area contributed by atoms with Crippen molar-refractivity contribution < 1.29 is 0 Å². The molecule has 1 N–H and O–H groups in total. The maximum absolute atomic E-state index is 8.89. The number of anilines is 1. The summed E-state index contributed by atoms with van der Waals surface area (Å²) in [6, 6.07) is 9.79. The Morgan fingerprint density at radius 3 is 2.53 bits per heavy atom. The Hall–Kier alpha value is -1.49. The van der Waals surface area contributed by atoms with Crippen molar-refractivity contribution in [2.45, 2.75) is 27.2 Å². The van der Waals surface area contributed by atoms with Crippen LogP contribution < -0.4 is 5.32 Å². The first kappa shape index (κ1) is 11.6. The quantitative estimate of drug-likeness (QED) is 0.815. The summed E-state index contributed by atoms with van der Waals surface area (Å²) in [5.74, 6) is 0. The van der Waals surface area contributed by atoms with Gasteiger partial charge < -0.3 is 5.32 Å². The molecule has 0 saturated carbocycles. The molecule has 0 unspecified atom stereocenters. The third-order valence-electron chi connectivity index (χ3n) is 2.24. The molecule has 2 heteroatoms. The van der Waals surface area contributed by atoms with E-state index in [4.69, 9.17) is 5.26 Å². The molecule has 0 amide bonds. The molecule has 0 aliphatic rings. The Morgan fingerprint density at radius 1 is 1.27 bits per heavy atom. The fourth-order valence-electron chi connectivity index (χ4n) is 1.31. The molecule has 1 aromatic rings. The lowest BCUT2D eigenvalue weighted by molar-refractivity contribution is 0.390. The van der Waals surface area contributed by atoms with Crippen molar-refractivity contribution in [1.82, 2.24) is 0 Å². The predicted molar refractivity (Wildman–Crippen MR) is 63.7 cm³/mol. The molecule has 0 radical (unpaired) electrons. The summed E-state index contributed by atoms with van der Waals surface area (Å²) < 4.78 is 0. The molecule has 1 aromatic carbocycles. The molecular formula is C13H18N2. The fraction of sp³-hybridized carbons (Fsp3) is 0.462. The molecule has 0 aromatic heterocycles. The van der Waals surface area contributed by atoms with Gasteiger partial charge >= 0.3 is 0 Å². The zero-order chi connectivity index (χ0) is 11.3. The van der Waals surface area contributed by atoms with Crippen LogP contribution in [0.4, 0.5) is 5.69 Å². The van der Waals surface area contributed by atoms with Crippen LogP contribution in [0.2, 0.25) is 0 Å². The summed E-state index contributed by atoms with van der Waals surface area (Å²) in [6.07, 6.45) is 1.09. The highest BCUT2D eigenvalue weighted by Crippen LogP contribution is 2.19. The minimum atomic E-state index is 0.328. The Bertz CT molecular complexity index is 356. The third-order valence-corrected chi connectivity index (χ3v) is 2.24. The van der Waals surface area contributed by atoms with Gasteiger partial charge in [-0.15, -0.1) is 0 Å². The summed E-state index contributed by atoms with van der Waals surface area (Å²) in [5.41, 5.74) is 1.98. The first-order valence-corrected chi connectivity index (χ1v) is 5.26. The van der Waals surface area contributed by atoms with Crippen molar-refractivity contribution in [2.24, 2.45) is 5.41 Å². The highest BCUT2D eigenvalue weighted by Gasteiger charge is 2.09. The minimum Gasteiger partial charge on any atom is -0.384 e. The van der Waals surface area contributed by atoms with Crippen molar-refractivity contribution in [2.75, 3.05) is 11.9 Å². The van der Waals surface area contributed by atoms with Crippen LogP contribution in [0.1, 0.15) is 32.8 Å². The van der Waals surface area contributed by atoms with Gasteiger partial charge in [-0.25, -0.2) is 0 Å². The van der Waals surface area contributed by atoms with Gasteiger partial charge in [0.25, 0.3) is 0 Å². The number of hydrogen-bond acceptors (Lipinski definition) is 2. The van der Waals surface area contributed by atoms with Gasteiger partial charge in [0, 0.05) is 6.54 Å². The molecule has 15 heavy (non-hydrogen) atoms. The van der Waals surface area contributed by atoms with E-state index in [1.54, 1.807) is 0 Å². The van der Waals surface area contributed by atoms with Crippen molar-refractivity contribution in [3.63, 3.8) is 0 Å². The standard InChI is InChI=1S/C13H18N2/c1-13(2,3)8-9-15-12-7-5-4-6-11(12)10-14/h4-7,15H,8-9H2,1-3H3. The Labute approximate surface area is 91.9 Å². The lowest BCUT2D eigenvalue weighted by atomic mass is 9.92. The van der Waals surface area contributed by atoms with E-state index in [1.165, 1.54) is 0 Å². The van der Waals surface area contributed by atoms with E-state index >= 15 is 0 Å². The van der Waals surface area contributed by atoms with E-state index in [2.05, 4.69) is 32.2 Å². The molecule has 2 nitrogen and oxygen atoms in total. The van der Waals surface area contributed by atoms with Gasteiger partial charge in [-0.3, -0.25) is 0 Å². The highest BCUT2D eigenvalue weighted by atomic mass is 14.9. The maximum atomic E-state index is 8.89. The van der Waals surface area contributed by atoms with E-state index in [-0.39, 0.29) is 0 Å².